The Labute approximate surface area is 79.4 Å². The molecule has 0 unspecified atom stereocenters. The fourth-order valence-electron chi connectivity index (χ4n) is 0.725. The molecule has 84 valence electrons. The number of aliphatic hydroxyl groups excluding tert-OH is 4. The molecule has 0 aliphatic rings. The molecule has 14 heavy (non-hydrogen) atoms. The van der Waals surface area contributed by atoms with Crippen molar-refractivity contribution in [2.75, 3.05) is 6.61 Å². The first-order valence-electron chi connectivity index (χ1n) is 3.71. The highest BCUT2D eigenvalue weighted by atomic mass is 16.4. The molecule has 8 nitrogen and oxygen atoms in total. The van der Waals surface area contributed by atoms with Crippen LogP contribution in [-0.2, 0) is 4.79 Å². The number of primary amides is 1. The zero-order chi connectivity index (χ0) is 11.5. The zero-order valence-electron chi connectivity index (χ0n) is 7.24. The number of nitrogens with two attached hydrogens (primary N) is 2. The quantitative estimate of drug-likeness (QED) is 0.223. The van der Waals surface area contributed by atoms with E-state index in [0.717, 1.165) is 0 Å². The molecule has 0 aromatic heterocycles. The van der Waals surface area contributed by atoms with Crippen LogP contribution in [0.25, 0.3) is 0 Å². The summed E-state index contributed by atoms with van der Waals surface area (Å²) in [5.41, 5.74) is 6.63. The molecule has 0 saturated heterocycles. The summed E-state index contributed by atoms with van der Waals surface area (Å²) in [6.45, 7) is -0.868. The lowest BCUT2D eigenvalue weighted by Crippen LogP contribution is -2.65. The van der Waals surface area contributed by atoms with E-state index in [0.29, 0.717) is 0 Å². The molecule has 0 aliphatic heterocycles. The van der Waals surface area contributed by atoms with Crippen LogP contribution in [0.5, 0.6) is 0 Å². The molecule has 1 amide bonds. The molecule has 8 heteroatoms. The Kier molecular flexibility index (Phi) is 4.39. The topological polar surface area (TPSA) is 170 Å². The summed E-state index contributed by atoms with van der Waals surface area (Å²) >= 11 is 0. The summed E-state index contributed by atoms with van der Waals surface area (Å²) in [4.78, 5) is 10.5. The molecule has 0 aromatic carbocycles. The average Bonchev–Trinajstić information content (AvgIpc) is 2.13. The van der Waals surface area contributed by atoms with Crippen molar-refractivity contribution in [2.45, 2.75) is 24.0 Å². The van der Waals surface area contributed by atoms with Gasteiger partial charge in [0, 0.05) is 0 Å². The van der Waals surface area contributed by atoms with E-state index in [2.05, 4.69) is 5.73 Å². The van der Waals surface area contributed by atoms with E-state index >= 15 is 0 Å². The average molecular weight is 210 g/mol. The minimum absolute atomic E-state index is 0.868. The van der Waals surface area contributed by atoms with Crippen molar-refractivity contribution in [1.29, 1.82) is 0 Å². The molecule has 0 spiro atoms. The van der Waals surface area contributed by atoms with Crippen LogP contribution in [0.3, 0.4) is 0 Å². The molecule has 0 radical (unpaired) electrons. The van der Waals surface area contributed by atoms with Crippen molar-refractivity contribution in [3.05, 3.63) is 0 Å². The number of rotatable bonds is 5. The van der Waals surface area contributed by atoms with Crippen LogP contribution < -0.4 is 11.5 Å². The van der Waals surface area contributed by atoms with Gasteiger partial charge in [-0.2, -0.15) is 0 Å². The Morgan fingerprint density at radius 1 is 1.36 bits per heavy atom. The minimum atomic E-state index is -2.87. The van der Waals surface area contributed by atoms with Crippen molar-refractivity contribution in [3.8, 4) is 0 Å². The second-order valence-electron chi connectivity index (χ2n) is 2.87. The SMILES string of the molecule is NC(=O)[C@](N)(O)[C@H](O)[C@H](O)[C@H](O)CO. The molecule has 0 aliphatic carbocycles. The number of carbonyl (C=O) groups is 1. The van der Waals surface area contributed by atoms with Gasteiger partial charge in [0.1, 0.15) is 18.3 Å². The zero-order valence-corrected chi connectivity index (χ0v) is 7.24. The van der Waals surface area contributed by atoms with E-state index in [1.165, 1.54) is 0 Å². The normalized spacial score (nSPS) is 22.1. The monoisotopic (exact) mass is 210 g/mol. The molecule has 0 aromatic rings. The van der Waals surface area contributed by atoms with Gasteiger partial charge >= 0.3 is 0 Å². The molecule has 4 atom stereocenters. The van der Waals surface area contributed by atoms with Gasteiger partial charge in [-0.15, -0.1) is 0 Å². The van der Waals surface area contributed by atoms with Crippen molar-refractivity contribution in [1.82, 2.24) is 0 Å². The van der Waals surface area contributed by atoms with Gasteiger partial charge in [-0.1, -0.05) is 0 Å². The summed E-state index contributed by atoms with van der Waals surface area (Å²) in [5, 5.41) is 44.5. The summed E-state index contributed by atoms with van der Waals surface area (Å²) in [5.74, 6) is -1.46. The Morgan fingerprint density at radius 3 is 2.07 bits per heavy atom. The minimum Gasteiger partial charge on any atom is -0.394 e. The van der Waals surface area contributed by atoms with Crippen molar-refractivity contribution < 1.29 is 30.3 Å². The Balaban J connectivity index is 4.60. The molecule has 0 bridgehead atoms. The van der Waals surface area contributed by atoms with Crippen LogP contribution in [0.1, 0.15) is 0 Å². The van der Waals surface area contributed by atoms with Crippen LogP contribution in [0.15, 0.2) is 0 Å². The van der Waals surface area contributed by atoms with Gasteiger partial charge in [-0.25, -0.2) is 0 Å². The van der Waals surface area contributed by atoms with Gasteiger partial charge in [0.15, 0.2) is 0 Å². The highest BCUT2D eigenvalue weighted by molar-refractivity contribution is 5.83. The van der Waals surface area contributed by atoms with Crippen molar-refractivity contribution in [3.63, 3.8) is 0 Å². The summed E-state index contributed by atoms with van der Waals surface area (Å²) in [7, 11) is 0. The van der Waals surface area contributed by atoms with E-state index in [9.17, 15) is 4.79 Å². The Hall–Kier alpha value is -0.770. The second-order valence-corrected chi connectivity index (χ2v) is 2.87. The highest BCUT2D eigenvalue weighted by Gasteiger charge is 2.44. The van der Waals surface area contributed by atoms with Crippen LogP contribution in [-0.4, -0.2) is 62.1 Å². The molecule has 9 N–H and O–H groups in total. The fraction of sp³-hybridized carbons (Fsp3) is 0.833. The third-order valence-corrected chi connectivity index (χ3v) is 1.75. The lowest BCUT2D eigenvalue weighted by molar-refractivity contribution is -0.172. The number of hydrogen-bond donors (Lipinski definition) is 7. The van der Waals surface area contributed by atoms with Gasteiger partial charge in [-0.05, 0) is 0 Å². The smallest absolute Gasteiger partial charge is 0.267 e. The molecule has 0 fully saturated rings. The summed E-state index contributed by atoms with van der Waals surface area (Å²) < 4.78 is 0. The first-order chi connectivity index (χ1) is 6.25. The van der Waals surface area contributed by atoms with E-state index in [1.54, 1.807) is 0 Å². The van der Waals surface area contributed by atoms with E-state index in [-0.39, 0.29) is 0 Å². The maximum Gasteiger partial charge on any atom is 0.267 e. The molecule has 0 heterocycles. The summed E-state index contributed by atoms with van der Waals surface area (Å²) in [6, 6.07) is 0. The van der Waals surface area contributed by atoms with Crippen LogP contribution in [0.4, 0.5) is 0 Å². The number of carbonyl (C=O) groups excluding carboxylic acids is 1. The molecule has 0 rings (SSSR count). The van der Waals surface area contributed by atoms with Crippen LogP contribution >= 0.6 is 0 Å². The van der Waals surface area contributed by atoms with Crippen LogP contribution in [0, 0.1) is 0 Å². The lowest BCUT2D eigenvalue weighted by atomic mass is 9.98. The number of hydrogen-bond acceptors (Lipinski definition) is 7. The van der Waals surface area contributed by atoms with Crippen molar-refractivity contribution >= 4 is 5.91 Å². The van der Waals surface area contributed by atoms with E-state index in [1.807, 2.05) is 0 Å². The number of amides is 1. The standard InChI is InChI=1S/C6H14N2O6/c7-5(13)6(8,14)4(12)3(11)2(10)1-9/h2-4,9-12,14H,1,8H2,(H2,7,13)/t2-,3-,4-,6-/m1/s1. The largest absolute Gasteiger partial charge is 0.394 e. The Bertz CT molecular complexity index is 208. The first-order valence-corrected chi connectivity index (χ1v) is 3.71. The maximum atomic E-state index is 10.5. The maximum absolute atomic E-state index is 10.5. The predicted molar refractivity (Wildman–Crippen MR) is 43.4 cm³/mol. The molecular weight excluding hydrogens is 196 g/mol. The predicted octanol–water partition coefficient (Wildman–Crippen LogP) is -4.81. The van der Waals surface area contributed by atoms with Gasteiger partial charge in [0.25, 0.3) is 5.91 Å². The van der Waals surface area contributed by atoms with E-state index in [4.69, 9.17) is 31.3 Å². The molecular formula is C6H14N2O6. The summed E-state index contributed by atoms with van der Waals surface area (Å²) in [6.07, 6.45) is -5.91. The Morgan fingerprint density at radius 2 is 1.79 bits per heavy atom. The number of aliphatic hydroxyl groups is 5. The van der Waals surface area contributed by atoms with Crippen molar-refractivity contribution in [2.24, 2.45) is 11.5 Å². The van der Waals surface area contributed by atoms with Crippen LogP contribution in [0.2, 0.25) is 0 Å². The molecule has 0 saturated carbocycles. The third-order valence-electron chi connectivity index (χ3n) is 1.75. The second kappa shape index (κ2) is 4.64. The van der Waals surface area contributed by atoms with Gasteiger partial charge < -0.3 is 31.3 Å². The van der Waals surface area contributed by atoms with E-state index < -0.39 is 36.6 Å². The van der Waals surface area contributed by atoms with Gasteiger partial charge in [-0.3, -0.25) is 10.5 Å². The first kappa shape index (κ1) is 13.2. The van der Waals surface area contributed by atoms with Gasteiger partial charge in [0.05, 0.1) is 6.61 Å². The highest BCUT2D eigenvalue weighted by Crippen LogP contribution is 2.10. The van der Waals surface area contributed by atoms with Gasteiger partial charge in [0.2, 0.25) is 5.72 Å². The third kappa shape index (κ3) is 2.61. The lowest BCUT2D eigenvalue weighted by Gasteiger charge is -2.30. The fourth-order valence-corrected chi connectivity index (χ4v) is 0.725.